The van der Waals surface area contributed by atoms with Gasteiger partial charge in [0.15, 0.2) is 0 Å². The fourth-order valence-corrected chi connectivity index (χ4v) is 1.26. The molecule has 16 heavy (non-hydrogen) atoms. The molecule has 0 aromatic carbocycles. The van der Waals surface area contributed by atoms with Gasteiger partial charge in [-0.2, -0.15) is 4.79 Å². The molecular formula is C9H7N3O4. The summed E-state index contributed by atoms with van der Waals surface area (Å²) in [5.74, 6) is -1.22. The Bertz CT molecular complexity index is 483. The highest BCUT2D eigenvalue weighted by molar-refractivity contribution is 6.20. The van der Waals surface area contributed by atoms with E-state index in [1.807, 2.05) is 0 Å². The number of rotatable bonds is 2. The summed E-state index contributed by atoms with van der Waals surface area (Å²) < 4.78 is 0. The SMILES string of the molecule is C=CC(O)=C1C=CC(=O)C([N+](=O)[O-])C1=[N+]=[N-]. The van der Waals surface area contributed by atoms with Crippen molar-refractivity contribution in [1.29, 1.82) is 0 Å². The summed E-state index contributed by atoms with van der Waals surface area (Å²) in [6.45, 7) is 3.26. The van der Waals surface area contributed by atoms with Crippen molar-refractivity contribution in [3.05, 3.63) is 51.8 Å². The average molecular weight is 221 g/mol. The van der Waals surface area contributed by atoms with Crippen LogP contribution in [0.25, 0.3) is 5.53 Å². The van der Waals surface area contributed by atoms with Gasteiger partial charge in [-0.25, -0.2) is 0 Å². The summed E-state index contributed by atoms with van der Waals surface area (Å²) >= 11 is 0. The first-order valence-corrected chi connectivity index (χ1v) is 4.16. The van der Waals surface area contributed by atoms with E-state index in [4.69, 9.17) is 5.53 Å². The number of nitrogens with zero attached hydrogens (tertiary/aromatic N) is 3. The number of aliphatic hydroxyl groups excluding tert-OH is 1. The van der Waals surface area contributed by atoms with Gasteiger partial charge in [-0.05, 0) is 18.2 Å². The highest BCUT2D eigenvalue weighted by Gasteiger charge is 2.46. The quantitative estimate of drug-likeness (QED) is 0.239. The zero-order valence-corrected chi connectivity index (χ0v) is 8.03. The van der Waals surface area contributed by atoms with Gasteiger partial charge in [-0.15, -0.1) is 0 Å². The summed E-state index contributed by atoms with van der Waals surface area (Å²) in [5.41, 5.74) is 8.06. The van der Waals surface area contributed by atoms with E-state index in [-0.39, 0.29) is 5.57 Å². The summed E-state index contributed by atoms with van der Waals surface area (Å²) in [4.78, 5) is 23.6. The standard InChI is InChI=1S/C9H7N3O4/c1-2-6(13)5-3-4-7(14)9(12(15)16)8(5)11-10/h2-4,9,13H,1H2. The molecule has 0 heterocycles. The molecule has 0 amide bonds. The number of aliphatic hydroxyl groups is 1. The minimum absolute atomic E-state index is 0.0983. The third-order valence-electron chi connectivity index (χ3n) is 2.01. The fraction of sp³-hybridized carbons (Fsp3) is 0.111. The molecule has 1 N–H and O–H groups in total. The van der Waals surface area contributed by atoms with E-state index >= 15 is 0 Å². The van der Waals surface area contributed by atoms with Gasteiger partial charge in [-0.3, -0.25) is 14.9 Å². The first-order chi connectivity index (χ1) is 7.52. The molecule has 82 valence electrons. The molecule has 0 fully saturated rings. The van der Waals surface area contributed by atoms with Crippen LogP contribution in [-0.4, -0.2) is 32.4 Å². The summed E-state index contributed by atoms with van der Waals surface area (Å²) in [6.07, 6.45) is 3.10. The molecule has 0 bridgehead atoms. The van der Waals surface area contributed by atoms with E-state index in [0.717, 1.165) is 18.2 Å². The first kappa shape index (κ1) is 11.5. The molecule has 7 heteroatoms. The highest BCUT2D eigenvalue weighted by atomic mass is 16.6. The van der Waals surface area contributed by atoms with Gasteiger partial charge in [0.1, 0.15) is 11.3 Å². The molecule has 1 aliphatic rings. The highest BCUT2D eigenvalue weighted by Crippen LogP contribution is 2.16. The normalized spacial score (nSPS) is 22.6. The maximum absolute atomic E-state index is 11.2. The van der Waals surface area contributed by atoms with Crippen LogP contribution in [0, 0.1) is 10.1 Å². The third kappa shape index (κ3) is 1.79. The van der Waals surface area contributed by atoms with E-state index in [1.165, 1.54) is 0 Å². The van der Waals surface area contributed by atoms with Crippen molar-refractivity contribution in [3.8, 4) is 0 Å². The van der Waals surface area contributed by atoms with Gasteiger partial charge >= 0.3 is 11.8 Å². The molecule has 0 aromatic heterocycles. The smallest absolute Gasteiger partial charge is 0.384 e. The topological polar surface area (TPSA) is 117 Å². The Kier molecular flexibility index (Phi) is 3.12. The lowest BCUT2D eigenvalue weighted by Gasteiger charge is -2.08. The van der Waals surface area contributed by atoms with Gasteiger partial charge in [0, 0.05) is 4.92 Å². The Morgan fingerprint density at radius 3 is 2.75 bits per heavy atom. The van der Waals surface area contributed by atoms with Crippen LogP contribution in [0.2, 0.25) is 0 Å². The van der Waals surface area contributed by atoms with Crippen LogP contribution in [-0.2, 0) is 4.79 Å². The zero-order chi connectivity index (χ0) is 12.3. The van der Waals surface area contributed by atoms with E-state index in [1.54, 1.807) is 0 Å². The van der Waals surface area contributed by atoms with Crippen LogP contribution in [0.4, 0.5) is 0 Å². The second kappa shape index (κ2) is 4.33. The molecule has 1 rings (SSSR count). The number of carbonyl (C=O) groups excluding carboxylic acids is 1. The van der Waals surface area contributed by atoms with Crippen LogP contribution in [0.3, 0.4) is 0 Å². The fourth-order valence-electron chi connectivity index (χ4n) is 1.26. The number of nitro groups is 1. The number of ketones is 1. The maximum Gasteiger partial charge on any atom is 0.384 e. The van der Waals surface area contributed by atoms with Crippen LogP contribution in [0.5, 0.6) is 0 Å². The number of hydrogen-bond acceptors (Lipinski definition) is 4. The third-order valence-corrected chi connectivity index (χ3v) is 2.01. The van der Waals surface area contributed by atoms with Crippen LogP contribution in [0.1, 0.15) is 0 Å². The lowest BCUT2D eigenvalue weighted by Crippen LogP contribution is -2.40. The van der Waals surface area contributed by atoms with Crippen LogP contribution >= 0.6 is 0 Å². The molecule has 1 atom stereocenters. The molecule has 0 aliphatic heterocycles. The Hall–Kier alpha value is -2.53. The lowest BCUT2D eigenvalue weighted by molar-refractivity contribution is -0.491. The maximum atomic E-state index is 11.2. The Balaban J connectivity index is 3.45. The van der Waals surface area contributed by atoms with Crippen molar-refractivity contribution in [1.82, 2.24) is 0 Å². The zero-order valence-electron chi connectivity index (χ0n) is 8.03. The van der Waals surface area contributed by atoms with Crippen molar-refractivity contribution in [2.75, 3.05) is 0 Å². The predicted molar refractivity (Wildman–Crippen MR) is 53.4 cm³/mol. The number of allylic oxidation sites excluding steroid dienone is 2. The van der Waals surface area contributed by atoms with Crippen LogP contribution in [0.15, 0.2) is 36.1 Å². The predicted octanol–water partition coefficient (Wildman–Crippen LogP) is 0.439. The van der Waals surface area contributed by atoms with E-state index in [0.29, 0.717) is 0 Å². The van der Waals surface area contributed by atoms with Crippen molar-refractivity contribution < 1.29 is 19.6 Å². The summed E-state index contributed by atoms with van der Waals surface area (Å²) in [6, 6.07) is -1.80. The van der Waals surface area contributed by atoms with Gasteiger partial charge < -0.3 is 10.6 Å². The van der Waals surface area contributed by atoms with E-state index in [2.05, 4.69) is 11.4 Å². The molecule has 0 spiro atoms. The second-order valence-electron chi connectivity index (χ2n) is 2.91. The van der Waals surface area contributed by atoms with Crippen molar-refractivity contribution >= 4 is 11.5 Å². The Morgan fingerprint density at radius 1 is 1.69 bits per heavy atom. The van der Waals surface area contributed by atoms with E-state index in [9.17, 15) is 20.0 Å². The summed E-state index contributed by atoms with van der Waals surface area (Å²) in [5, 5.41) is 20.0. The molecule has 1 aliphatic carbocycles. The lowest BCUT2D eigenvalue weighted by atomic mass is 9.93. The molecule has 0 aromatic rings. The Labute approximate surface area is 89.8 Å². The molecule has 0 saturated heterocycles. The molecular weight excluding hydrogens is 214 g/mol. The molecule has 1 unspecified atom stereocenters. The van der Waals surface area contributed by atoms with Crippen molar-refractivity contribution in [3.63, 3.8) is 0 Å². The molecule has 0 saturated carbocycles. The van der Waals surface area contributed by atoms with Gasteiger partial charge in [0.2, 0.25) is 5.78 Å². The van der Waals surface area contributed by atoms with Crippen molar-refractivity contribution in [2.45, 2.75) is 6.04 Å². The molecule has 0 radical (unpaired) electrons. The van der Waals surface area contributed by atoms with Gasteiger partial charge in [-0.1, -0.05) is 6.58 Å². The minimum Gasteiger partial charge on any atom is -0.507 e. The molecule has 7 nitrogen and oxygen atoms in total. The monoisotopic (exact) mass is 221 g/mol. The summed E-state index contributed by atoms with van der Waals surface area (Å²) in [7, 11) is 0. The minimum atomic E-state index is -1.80. The first-order valence-electron chi connectivity index (χ1n) is 4.16. The Morgan fingerprint density at radius 2 is 2.31 bits per heavy atom. The average Bonchev–Trinajstić information content (AvgIpc) is 2.26. The van der Waals surface area contributed by atoms with Crippen LogP contribution < -0.4 is 0 Å². The number of carbonyl (C=O) groups is 1. The second-order valence-corrected chi connectivity index (χ2v) is 2.91. The van der Waals surface area contributed by atoms with Gasteiger partial charge in [0.25, 0.3) is 0 Å². The van der Waals surface area contributed by atoms with E-state index < -0.39 is 28.2 Å². The largest absolute Gasteiger partial charge is 0.507 e. The number of hydrogen-bond donors (Lipinski definition) is 1. The van der Waals surface area contributed by atoms with Gasteiger partial charge in [0.05, 0.1) is 0 Å². The van der Waals surface area contributed by atoms with Crippen molar-refractivity contribution in [2.24, 2.45) is 0 Å².